The van der Waals surface area contributed by atoms with Crippen molar-refractivity contribution in [2.24, 2.45) is 0 Å². The van der Waals surface area contributed by atoms with Gasteiger partial charge in [0.25, 0.3) is 0 Å². The molecule has 0 bridgehead atoms. The van der Waals surface area contributed by atoms with Gasteiger partial charge in [0, 0.05) is 20.9 Å². The average molecular weight is 378 g/mol. The van der Waals surface area contributed by atoms with Crippen LogP contribution in [0.2, 0.25) is 0 Å². The largest absolute Gasteiger partial charge is 0.308 e. The minimum atomic E-state index is 0.131. The van der Waals surface area contributed by atoms with Crippen LogP contribution < -0.4 is 0 Å². The molecule has 2 heteroatoms. The molecule has 4 rings (SSSR count). The first-order valence-corrected chi connectivity index (χ1v) is 9.05. The van der Waals surface area contributed by atoms with Crippen LogP contribution in [-0.2, 0) is 5.41 Å². The summed E-state index contributed by atoms with van der Waals surface area (Å²) in [5.74, 6) is 0. The third-order valence-corrected chi connectivity index (χ3v) is 5.26. The topological polar surface area (TPSA) is 4.93 Å². The van der Waals surface area contributed by atoms with Crippen molar-refractivity contribution >= 4 is 37.7 Å². The van der Waals surface area contributed by atoms with Crippen molar-refractivity contribution < 1.29 is 0 Å². The fourth-order valence-corrected chi connectivity index (χ4v) is 3.90. The van der Waals surface area contributed by atoms with E-state index < -0.39 is 0 Å². The molecule has 0 N–H and O–H groups in total. The van der Waals surface area contributed by atoms with Crippen molar-refractivity contribution in [1.82, 2.24) is 4.57 Å². The normalized spacial score (nSPS) is 12.2. The van der Waals surface area contributed by atoms with E-state index in [1.165, 1.54) is 33.1 Å². The molecule has 0 radical (unpaired) electrons. The van der Waals surface area contributed by atoms with Gasteiger partial charge >= 0.3 is 0 Å². The van der Waals surface area contributed by atoms with E-state index in [2.05, 4.69) is 108 Å². The Bertz CT molecular complexity index is 1050. The van der Waals surface area contributed by atoms with E-state index in [9.17, 15) is 0 Å². The van der Waals surface area contributed by atoms with Crippen molar-refractivity contribution in [1.29, 1.82) is 0 Å². The van der Waals surface area contributed by atoms with Crippen molar-refractivity contribution in [3.8, 4) is 5.69 Å². The Hall–Kier alpha value is -2.06. The Morgan fingerprint density at radius 1 is 0.792 bits per heavy atom. The summed E-state index contributed by atoms with van der Waals surface area (Å²) in [5.41, 5.74) is 5.15. The molecule has 0 aliphatic carbocycles. The van der Waals surface area contributed by atoms with Crippen molar-refractivity contribution in [3.63, 3.8) is 0 Å². The summed E-state index contributed by atoms with van der Waals surface area (Å²) in [7, 11) is 0. The standard InChI is InChI=1S/C22H20BrN/c1-22(2,3)15-8-6-9-16(14-15)24-20-13-5-4-10-17(20)18-11-7-12-19(23)21(18)24/h4-14H,1-3H3. The van der Waals surface area contributed by atoms with Crippen LogP contribution in [0.25, 0.3) is 27.5 Å². The minimum Gasteiger partial charge on any atom is -0.308 e. The third kappa shape index (κ3) is 2.37. The van der Waals surface area contributed by atoms with Crippen LogP contribution in [0.1, 0.15) is 26.3 Å². The van der Waals surface area contributed by atoms with Gasteiger partial charge in [-0.15, -0.1) is 0 Å². The number of hydrogen-bond donors (Lipinski definition) is 0. The number of aromatic nitrogens is 1. The highest BCUT2D eigenvalue weighted by molar-refractivity contribution is 9.10. The fourth-order valence-electron chi connectivity index (χ4n) is 3.36. The maximum absolute atomic E-state index is 3.76. The molecule has 0 amide bonds. The Labute approximate surface area is 151 Å². The molecule has 0 spiro atoms. The summed E-state index contributed by atoms with van der Waals surface area (Å²) in [6.45, 7) is 6.77. The van der Waals surface area contributed by atoms with E-state index in [1.54, 1.807) is 0 Å². The van der Waals surface area contributed by atoms with Crippen LogP contribution in [0, 0.1) is 0 Å². The van der Waals surface area contributed by atoms with Crippen LogP contribution in [0.3, 0.4) is 0 Å². The zero-order chi connectivity index (χ0) is 16.9. The summed E-state index contributed by atoms with van der Waals surface area (Å²) in [5, 5.41) is 2.57. The number of fused-ring (bicyclic) bond motifs is 3. The number of benzene rings is 3. The number of halogens is 1. The Morgan fingerprint density at radius 3 is 2.29 bits per heavy atom. The van der Waals surface area contributed by atoms with Gasteiger partial charge in [0.1, 0.15) is 0 Å². The molecule has 1 nitrogen and oxygen atoms in total. The van der Waals surface area contributed by atoms with E-state index in [1.807, 2.05) is 0 Å². The molecule has 0 atom stereocenters. The second-order valence-electron chi connectivity index (χ2n) is 7.29. The van der Waals surface area contributed by atoms with Gasteiger partial charge in [0.05, 0.1) is 11.0 Å². The summed E-state index contributed by atoms with van der Waals surface area (Å²) >= 11 is 3.76. The van der Waals surface area contributed by atoms with Crippen molar-refractivity contribution in [3.05, 3.63) is 76.8 Å². The van der Waals surface area contributed by atoms with Gasteiger partial charge in [-0.05, 0) is 51.2 Å². The Balaban J connectivity index is 2.13. The van der Waals surface area contributed by atoms with E-state index in [4.69, 9.17) is 0 Å². The average Bonchev–Trinajstić information content (AvgIpc) is 2.90. The third-order valence-electron chi connectivity index (χ3n) is 4.62. The molecule has 4 aromatic rings. The lowest BCUT2D eigenvalue weighted by Crippen LogP contribution is -2.11. The quantitative estimate of drug-likeness (QED) is 0.342. The molecule has 0 saturated heterocycles. The second-order valence-corrected chi connectivity index (χ2v) is 8.14. The molecular weight excluding hydrogens is 358 g/mol. The maximum atomic E-state index is 3.76. The van der Waals surface area contributed by atoms with Gasteiger partial charge in [-0.1, -0.05) is 63.2 Å². The predicted molar refractivity (Wildman–Crippen MR) is 107 cm³/mol. The molecule has 0 fully saturated rings. The van der Waals surface area contributed by atoms with E-state index in [-0.39, 0.29) is 5.41 Å². The first-order chi connectivity index (χ1) is 11.5. The van der Waals surface area contributed by atoms with Gasteiger partial charge < -0.3 is 4.57 Å². The lowest BCUT2D eigenvalue weighted by Gasteiger charge is -2.20. The highest BCUT2D eigenvalue weighted by Crippen LogP contribution is 2.36. The molecule has 0 aliphatic heterocycles. The zero-order valence-corrected chi connectivity index (χ0v) is 15.8. The summed E-state index contributed by atoms with van der Waals surface area (Å²) in [4.78, 5) is 0. The predicted octanol–water partition coefficient (Wildman–Crippen LogP) is 6.84. The van der Waals surface area contributed by atoms with E-state index in [0.29, 0.717) is 0 Å². The molecule has 120 valence electrons. The molecule has 1 heterocycles. The van der Waals surface area contributed by atoms with Crippen LogP contribution in [0.4, 0.5) is 0 Å². The van der Waals surface area contributed by atoms with E-state index in [0.717, 1.165) is 4.47 Å². The van der Waals surface area contributed by atoms with Gasteiger partial charge in [0.2, 0.25) is 0 Å². The Kier molecular flexibility index (Phi) is 3.54. The number of hydrogen-bond acceptors (Lipinski definition) is 0. The molecular formula is C22H20BrN. The number of para-hydroxylation sites is 2. The monoisotopic (exact) mass is 377 g/mol. The zero-order valence-electron chi connectivity index (χ0n) is 14.2. The van der Waals surface area contributed by atoms with Gasteiger partial charge in [-0.2, -0.15) is 0 Å². The van der Waals surface area contributed by atoms with Gasteiger partial charge in [0.15, 0.2) is 0 Å². The first kappa shape index (κ1) is 15.5. The summed E-state index contributed by atoms with van der Waals surface area (Å²) in [6, 6.07) is 23.9. The maximum Gasteiger partial charge on any atom is 0.0683 e. The van der Waals surface area contributed by atoms with Gasteiger partial charge in [-0.3, -0.25) is 0 Å². The minimum absolute atomic E-state index is 0.131. The van der Waals surface area contributed by atoms with Crippen LogP contribution in [0.15, 0.2) is 71.2 Å². The van der Waals surface area contributed by atoms with Crippen LogP contribution in [-0.4, -0.2) is 4.57 Å². The summed E-state index contributed by atoms with van der Waals surface area (Å²) in [6.07, 6.45) is 0. The molecule has 0 unspecified atom stereocenters. The number of rotatable bonds is 1. The van der Waals surface area contributed by atoms with Crippen LogP contribution in [0.5, 0.6) is 0 Å². The second kappa shape index (κ2) is 5.49. The van der Waals surface area contributed by atoms with Crippen molar-refractivity contribution in [2.45, 2.75) is 26.2 Å². The molecule has 0 aliphatic rings. The smallest absolute Gasteiger partial charge is 0.0683 e. The fraction of sp³-hybridized carbons (Fsp3) is 0.182. The highest BCUT2D eigenvalue weighted by atomic mass is 79.9. The molecule has 0 saturated carbocycles. The van der Waals surface area contributed by atoms with E-state index >= 15 is 0 Å². The van der Waals surface area contributed by atoms with Crippen molar-refractivity contribution in [2.75, 3.05) is 0 Å². The van der Waals surface area contributed by atoms with Crippen LogP contribution >= 0.6 is 15.9 Å². The molecule has 1 aromatic heterocycles. The summed E-state index contributed by atoms with van der Waals surface area (Å²) < 4.78 is 3.49. The first-order valence-electron chi connectivity index (χ1n) is 8.25. The Morgan fingerprint density at radius 2 is 1.50 bits per heavy atom. The lowest BCUT2D eigenvalue weighted by molar-refractivity contribution is 0.590. The molecule has 3 aromatic carbocycles. The number of nitrogens with zero attached hydrogens (tertiary/aromatic N) is 1. The SMILES string of the molecule is CC(C)(C)c1cccc(-n2c3ccccc3c3cccc(Br)c32)c1. The highest BCUT2D eigenvalue weighted by Gasteiger charge is 2.17. The molecule has 24 heavy (non-hydrogen) atoms. The lowest BCUT2D eigenvalue weighted by atomic mass is 9.87. The van der Waals surface area contributed by atoms with Gasteiger partial charge in [-0.25, -0.2) is 0 Å².